The summed E-state index contributed by atoms with van der Waals surface area (Å²) in [6.07, 6.45) is 3.98. The Morgan fingerprint density at radius 2 is 2.21 bits per heavy atom. The summed E-state index contributed by atoms with van der Waals surface area (Å²) in [6.45, 7) is 7.37. The van der Waals surface area contributed by atoms with E-state index < -0.39 is 0 Å². The maximum atomic E-state index is 9.90. The Morgan fingerprint density at radius 3 is 2.84 bits per heavy atom. The number of allylic oxidation sites excluding steroid dienone is 1. The van der Waals surface area contributed by atoms with E-state index in [0.717, 1.165) is 5.76 Å². The fourth-order valence-electron chi connectivity index (χ4n) is 4.00. The summed E-state index contributed by atoms with van der Waals surface area (Å²) in [4.78, 5) is 0. The molecule has 19 heavy (non-hydrogen) atoms. The summed E-state index contributed by atoms with van der Waals surface area (Å²) in [5, 5.41) is 9.90. The topological polar surface area (TPSA) is 42.6 Å². The average molecular weight is 262 g/mol. The highest BCUT2D eigenvalue weighted by molar-refractivity contribution is 5.23. The summed E-state index contributed by atoms with van der Waals surface area (Å²) in [6, 6.07) is 3.89. The van der Waals surface area contributed by atoms with Crippen LogP contribution in [-0.2, 0) is 4.74 Å². The van der Waals surface area contributed by atoms with Gasteiger partial charge in [0.15, 0.2) is 0 Å². The molecule has 104 valence electrons. The number of aliphatic hydroxyl groups excluding tert-OH is 1. The molecule has 0 saturated carbocycles. The van der Waals surface area contributed by atoms with Crippen LogP contribution in [0.15, 0.2) is 34.5 Å². The quantitative estimate of drug-likeness (QED) is 0.832. The van der Waals surface area contributed by atoms with Crippen LogP contribution < -0.4 is 0 Å². The Bertz CT molecular complexity index is 476. The third-order valence-corrected chi connectivity index (χ3v) is 5.37. The van der Waals surface area contributed by atoms with Crippen molar-refractivity contribution in [3.05, 3.63) is 35.8 Å². The van der Waals surface area contributed by atoms with Gasteiger partial charge in [0, 0.05) is 11.3 Å². The third kappa shape index (κ3) is 1.72. The minimum Gasteiger partial charge on any atom is -0.467 e. The van der Waals surface area contributed by atoms with E-state index in [1.54, 1.807) is 6.26 Å². The fourth-order valence-corrected chi connectivity index (χ4v) is 4.00. The predicted molar refractivity (Wildman–Crippen MR) is 72.5 cm³/mol. The lowest BCUT2D eigenvalue weighted by Gasteiger charge is -2.54. The standard InChI is InChI=1S/C16H22O3/c1-10-7-11(2)16(8-17)9-19-15(14(10)12(16)3)13-5-4-6-18-13/h4-7,11-12,14-15,17H,8-9H2,1-3H3/t11-,12+,14-,15-,16+/m1/s1. The molecule has 0 radical (unpaired) electrons. The highest BCUT2D eigenvalue weighted by Gasteiger charge is 2.53. The van der Waals surface area contributed by atoms with Crippen LogP contribution in [0.3, 0.4) is 0 Å². The number of aliphatic hydroxyl groups is 1. The van der Waals surface area contributed by atoms with E-state index in [1.165, 1.54) is 5.57 Å². The van der Waals surface area contributed by atoms with Crippen LogP contribution in [0.5, 0.6) is 0 Å². The first kappa shape index (κ1) is 12.9. The van der Waals surface area contributed by atoms with Gasteiger partial charge in [-0.1, -0.05) is 25.5 Å². The van der Waals surface area contributed by atoms with Gasteiger partial charge in [-0.3, -0.25) is 0 Å². The number of hydrogen-bond donors (Lipinski definition) is 1. The van der Waals surface area contributed by atoms with Crippen LogP contribution in [0.25, 0.3) is 0 Å². The molecule has 2 heterocycles. The van der Waals surface area contributed by atoms with E-state index >= 15 is 0 Å². The van der Waals surface area contributed by atoms with Crippen LogP contribution in [0.2, 0.25) is 0 Å². The Kier molecular flexibility index (Phi) is 3.06. The van der Waals surface area contributed by atoms with E-state index in [4.69, 9.17) is 9.15 Å². The molecule has 2 bridgehead atoms. The molecule has 5 atom stereocenters. The molecule has 3 heteroatoms. The molecule has 1 aromatic rings. The maximum absolute atomic E-state index is 9.90. The fraction of sp³-hybridized carbons (Fsp3) is 0.625. The summed E-state index contributed by atoms with van der Waals surface area (Å²) in [5.74, 6) is 1.93. The van der Waals surface area contributed by atoms with E-state index in [9.17, 15) is 5.11 Å². The van der Waals surface area contributed by atoms with Crippen molar-refractivity contribution in [3.63, 3.8) is 0 Å². The second kappa shape index (κ2) is 4.50. The minimum atomic E-state index is -0.146. The monoisotopic (exact) mass is 262 g/mol. The van der Waals surface area contributed by atoms with E-state index in [1.807, 2.05) is 12.1 Å². The summed E-state index contributed by atoms with van der Waals surface area (Å²) in [5.41, 5.74) is 1.21. The zero-order chi connectivity index (χ0) is 13.6. The molecule has 1 aliphatic carbocycles. The summed E-state index contributed by atoms with van der Waals surface area (Å²) >= 11 is 0. The normalized spacial score (nSPS) is 42.0. The Hall–Kier alpha value is -1.06. The predicted octanol–water partition coefficient (Wildman–Crippen LogP) is 3.18. The number of fused-ring (bicyclic) bond motifs is 2. The van der Waals surface area contributed by atoms with Crippen molar-refractivity contribution in [2.45, 2.75) is 26.9 Å². The van der Waals surface area contributed by atoms with E-state index in [2.05, 4.69) is 26.8 Å². The van der Waals surface area contributed by atoms with Crippen molar-refractivity contribution in [2.75, 3.05) is 13.2 Å². The van der Waals surface area contributed by atoms with Crippen LogP contribution in [0.1, 0.15) is 32.6 Å². The third-order valence-electron chi connectivity index (χ3n) is 5.37. The molecule has 1 N–H and O–H groups in total. The molecule has 0 unspecified atom stereocenters. The van der Waals surface area contributed by atoms with Crippen molar-refractivity contribution in [1.82, 2.24) is 0 Å². The molecular formula is C16H22O3. The van der Waals surface area contributed by atoms with Crippen LogP contribution in [-0.4, -0.2) is 18.3 Å². The number of hydrogen-bond acceptors (Lipinski definition) is 3. The lowest BCUT2D eigenvalue weighted by atomic mass is 9.56. The molecule has 3 nitrogen and oxygen atoms in total. The molecule has 1 saturated heterocycles. The van der Waals surface area contributed by atoms with Crippen molar-refractivity contribution in [2.24, 2.45) is 23.2 Å². The van der Waals surface area contributed by atoms with Crippen LogP contribution >= 0.6 is 0 Å². The second-order valence-corrected chi connectivity index (χ2v) is 6.15. The molecule has 1 aliphatic heterocycles. The number of furan rings is 1. The second-order valence-electron chi connectivity index (χ2n) is 6.15. The zero-order valence-corrected chi connectivity index (χ0v) is 11.8. The van der Waals surface area contributed by atoms with Crippen molar-refractivity contribution in [1.29, 1.82) is 0 Å². The van der Waals surface area contributed by atoms with Gasteiger partial charge in [0.2, 0.25) is 0 Å². The van der Waals surface area contributed by atoms with Gasteiger partial charge >= 0.3 is 0 Å². The Morgan fingerprint density at radius 1 is 1.42 bits per heavy atom. The Labute approximate surface area is 114 Å². The summed E-state index contributed by atoms with van der Waals surface area (Å²) in [7, 11) is 0. The molecule has 1 fully saturated rings. The lowest BCUT2D eigenvalue weighted by molar-refractivity contribution is -0.170. The smallest absolute Gasteiger partial charge is 0.133 e. The molecule has 3 rings (SSSR count). The Balaban J connectivity index is 2.03. The molecule has 1 aromatic heterocycles. The minimum absolute atomic E-state index is 0.0200. The molecule has 0 aromatic carbocycles. The molecule has 2 aliphatic rings. The zero-order valence-electron chi connectivity index (χ0n) is 11.8. The van der Waals surface area contributed by atoms with Gasteiger partial charge in [-0.15, -0.1) is 0 Å². The molecule has 0 amide bonds. The van der Waals surface area contributed by atoms with E-state index in [0.29, 0.717) is 24.4 Å². The number of rotatable bonds is 2. The first-order chi connectivity index (χ1) is 9.10. The largest absolute Gasteiger partial charge is 0.467 e. The van der Waals surface area contributed by atoms with Crippen molar-refractivity contribution >= 4 is 0 Å². The highest BCUT2D eigenvalue weighted by atomic mass is 16.5. The maximum Gasteiger partial charge on any atom is 0.133 e. The van der Waals surface area contributed by atoms with Gasteiger partial charge in [-0.25, -0.2) is 0 Å². The van der Waals surface area contributed by atoms with Gasteiger partial charge in [0.1, 0.15) is 11.9 Å². The van der Waals surface area contributed by atoms with Gasteiger partial charge < -0.3 is 14.3 Å². The van der Waals surface area contributed by atoms with Crippen molar-refractivity contribution < 1.29 is 14.3 Å². The SMILES string of the molecule is CC1=C[C@@H](C)[C@]2(CO)CO[C@H](c3ccco3)[C@H]1[C@@H]2C. The van der Waals surface area contributed by atoms with Gasteiger partial charge in [0.25, 0.3) is 0 Å². The highest BCUT2D eigenvalue weighted by Crippen LogP contribution is 2.55. The first-order valence-electron chi connectivity index (χ1n) is 7.04. The van der Waals surface area contributed by atoms with Gasteiger partial charge in [-0.2, -0.15) is 0 Å². The van der Waals surface area contributed by atoms with E-state index in [-0.39, 0.29) is 18.1 Å². The van der Waals surface area contributed by atoms with Crippen LogP contribution in [0.4, 0.5) is 0 Å². The van der Waals surface area contributed by atoms with Gasteiger partial charge in [0.05, 0.1) is 19.5 Å². The lowest BCUT2D eigenvalue weighted by Crippen LogP contribution is -2.53. The van der Waals surface area contributed by atoms with Crippen LogP contribution in [0, 0.1) is 23.2 Å². The summed E-state index contributed by atoms with van der Waals surface area (Å²) < 4.78 is 11.6. The molecular weight excluding hydrogens is 240 g/mol. The van der Waals surface area contributed by atoms with Crippen molar-refractivity contribution in [3.8, 4) is 0 Å². The average Bonchev–Trinajstić information content (AvgIpc) is 2.90. The number of ether oxygens (including phenoxy) is 1. The van der Waals surface area contributed by atoms with Gasteiger partial charge in [-0.05, 0) is 30.9 Å². The molecule has 0 spiro atoms. The first-order valence-corrected chi connectivity index (χ1v) is 7.04.